The van der Waals surface area contributed by atoms with Crippen molar-refractivity contribution in [2.45, 2.75) is 23.1 Å². The van der Waals surface area contributed by atoms with Crippen LogP contribution in [0.4, 0.5) is 22.7 Å². The van der Waals surface area contributed by atoms with Crippen LogP contribution in [0.1, 0.15) is 16.7 Å². The Labute approximate surface area is 284 Å². The van der Waals surface area contributed by atoms with Crippen molar-refractivity contribution in [2.75, 3.05) is 0 Å². The second-order valence-electron chi connectivity index (χ2n) is 11.3. The molecule has 14 nitrogen and oxygen atoms in total. The fraction of sp³-hybridized carbons (Fsp3) is 0.0588. The van der Waals surface area contributed by atoms with Gasteiger partial charge in [0.1, 0.15) is 34.4 Å². The molecule has 6 aromatic rings. The van der Waals surface area contributed by atoms with E-state index < -0.39 is 41.5 Å². The van der Waals surface area contributed by atoms with Gasteiger partial charge in [0.05, 0.1) is 31.9 Å². The van der Waals surface area contributed by atoms with Crippen LogP contribution in [0.2, 0.25) is 0 Å². The number of benzene rings is 6. The lowest BCUT2D eigenvalue weighted by molar-refractivity contribution is 0.468. The van der Waals surface area contributed by atoms with E-state index in [0.717, 1.165) is 41.0 Å². The fourth-order valence-electron chi connectivity index (χ4n) is 5.30. The molecule has 0 aliphatic rings. The van der Waals surface area contributed by atoms with Gasteiger partial charge in [0.15, 0.2) is 0 Å². The molecule has 0 saturated heterocycles. The Morgan fingerprint density at radius 1 is 0.520 bits per heavy atom. The molecule has 0 bridgehead atoms. The predicted octanol–water partition coefficient (Wildman–Crippen LogP) is 8.04. The molecule has 0 fully saturated rings. The zero-order valence-corrected chi connectivity index (χ0v) is 27.4. The van der Waals surface area contributed by atoms with Crippen LogP contribution in [0.15, 0.2) is 121 Å². The van der Waals surface area contributed by atoms with Crippen LogP contribution < -0.4 is 0 Å². The van der Waals surface area contributed by atoms with Crippen molar-refractivity contribution in [1.29, 1.82) is 0 Å². The number of aryl methyl sites for hydroxylation is 1. The molecule has 0 amide bonds. The lowest BCUT2D eigenvalue weighted by atomic mass is 10.00. The highest BCUT2D eigenvalue weighted by atomic mass is 32.2. The molecule has 0 heterocycles. The second-order valence-corrected chi connectivity index (χ2v) is 14.1. The number of aromatic hydroxyl groups is 4. The van der Waals surface area contributed by atoms with Gasteiger partial charge in [0.25, 0.3) is 20.2 Å². The highest BCUT2D eigenvalue weighted by Crippen LogP contribution is 2.43. The molecule has 16 heteroatoms. The highest BCUT2D eigenvalue weighted by Gasteiger charge is 2.19. The number of fused-ring (bicyclic) bond motifs is 2. The Bertz CT molecular complexity index is 2620. The van der Waals surface area contributed by atoms with E-state index >= 15 is 0 Å². The van der Waals surface area contributed by atoms with Gasteiger partial charge < -0.3 is 20.4 Å². The summed E-state index contributed by atoms with van der Waals surface area (Å²) >= 11 is 0. The molecule has 6 rings (SSSR count). The van der Waals surface area contributed by atoms with E-state index in [1.54, 1.807) is 24.3 Å². The molecule has 0 aromatic heterocycles. The van der Waals surface area contributed by atoms with Crippen molar-refractivity contribution in [1.82, 2.24) is 0 Å². The zero-order valence-electron chi connectivity index (χ0n) is 25.8. The molecule has 6 N–H and O–H groups in total. The van der Waals surface area contributed by atoms with E-state index in [9.17, 15) is 46.4 Å². The van der Waals surface area contributed by atoms with Gasteiger partial charge in [-0.1, -0.05) is 30.3 Å². The molecule has 0 atom stereocenters. The van der Waals surface area contributed by atoms with Gasteiger partial charge in [0.2, 0.25) is 0 Å². The van der Waals surface area contributed by atoms with E-state index in [0.29, 0.717) is 17.8 Å². The van der Waals surface area contributed by atoms with E-state index in [4.69, 9.17) is 0 Å². The average Bonchev–Trinajstić information content (AvgIpc) is 3.05. The summed E-state index contributed by atoms with van der Waals surface area (Å²) < 4.78 is 65.0. The standard InChI is InChI=1S/C34H26N4O10S2/c1-18-2-7-24(36-38-34-28(40)11-6-21-15-26(50(46,47)48)17-30(42)32(21)34)13-22(18)12-19-3-8-23(9-4-19)35-37-33-27(39)10-5-20-14-25(49(43,44)45)16-29(41)31(20)33/h2-11,13-17,39-42H,12H2,1H3,(H,43,44,45)(H,46,47,48). The average molecular weight is 715 g/mol. The second kappa shape index (κ2) is 12.8. The quantitative estimate of drug-likeness (QED) is 0.0655. The number of hydrogen-bond donors (Lipinski definition) is 6. The number of phenols is 4. The molecule has 50 heavy (non-hydrogen) atoms. The third kappa shape index (κ3) is 6.94. The summed E-state index contributed by atoms with van der Waals surface area (Å²) in [6.45, 7) is 1.92. The summed E-state index contributed by atoms with van der Waals surface area (Å²) in [6, 6.07) is 21.6. The van der Waals surface area contributed by atoms with Crippen molar-refractivity contribution in [3.8, 4) is 23.0 Å². The molecule has 0 spiro atoms. The van der Waals surface area contributed by atoms with Crippen LogP contribution >= 0.6 is 0 Å². The molecule has 254 valence electrons. The Morgan fingerprint density at radius 2 is 0.980 bits per heavy atom. The molecule has 0 aliphatic carbocycles. The number of azo groups is 2. The smallest absolute Gasteiger partial charge is 0.294 e. The van der Waals surface area contributed by atoms with Gasteiger partial charge in [-0.25, -0.2) is 0 Å². The van der Waals surface area contributed by atoms with Gasteiger partial charge in [-0.3, -0.25) is 9.11 Å². The molecule has 0 aliphatic heterocycles. The van der Waals surface area contributed by atoms with Crippen LogP contribution in [0.5, 0.6) is 23.0 Å². The maximum atomic E-state index is 11.6. The number of rotatable bonds is 8. The van der Waals surface area contributed by atoms with E-state index in [1.165, 1.54) is 24.3 Å². The molecule has 0 radical (unpaired) electrons. The topological polar surface area (TPSA) is 239 Å². The summed E-state index contributed by atoms with van der Waals surface area (Å²) in [7, 11) is -9.17. The summed E-state index contributed by atoms with van der Waals surface area (Å²) in [5.74, 6) is -1.65. The first kappa shape index (κ1) is 33.9. The Morgan fingerprint density at radius 3 is 1.46 bits per heavy atom. The number of phenolic OH excluding ortho intramolecular Hbond substituents is 4. The minimum absolute atomic E-state index is 0.0454. The fourth-order valence-corrected chi connectivity index (χ4v) is 6.37. The third-order valence-electron chi connectivity index (χ3n) is 7.83. The van der Waals surface area contributed by atoms with Crippen LogP contribution in [0.25, 0.3) is 21.5 Å². The van der Waals surface area contributed by atoms with Gasteiger partial charge in [-0.05, 0) is 89.3 Å². The lowest BCUT2D eigenvalue weighted by Crippen LogP contribution is -1.97. The predicted molar refractivity (Wildman–Crippen MR) is 183 cm³/mol. The molecule has 0 saturated carbocycles. The molecular formula is C34H26N4O10S2. The summed E-state index contributed by atoms with van der Waals surface area (Å²) in [5.41, 5.74) is 3.42. The van der Waals surface area contributed by atoms with Crippen molar-refractivity contribution in [2.24, 2.45) is 20.5 Å². The molecule has 6 aromatic carbocycles. The SMILES string of the molecule is Cc1ccc(N=Nc2c(O)ccc3cc(S(=O)(=O)O)cc(O)c23)cc1Cc1ccc(N=Nc2c(O)ccc3cc(S(=O)(=O)O)cc(O)c23)cc1. The van der Waals surface area contributed by atoms with E-state index in [2.05, 4.69) is 20.5 Å². The summed E-state index contributed by atoms with van der Waals surface area (Å²) in [6.07, 6.45) is 0.486. The van der Waals surface area contributed by atoms with Crippen LogP contribution in [-0.4, -0.2) is 46.4 Å². The maximum absolute atomic E-state index is 11.6. The third-order valence-corrected chi connectivity index (χ3v) is 9.50. The van der Waals surface area contributed by atoms with Crippen molar-refractivity contribution >= 4 is 64.5 Å². The van der Waals surface area contributed by atoms with Gasteiger partial charge in [0, 0.05) is 12.1 Å². The van der Waals surface area contributed by atoms with Gasteiger partial charge in [-0.15, -0.1) is 10.2 Å². The van der Waals surface area contributed by atoms with E-state index in [-0.39, 0.29) is 44.4 Å². The Hall–Kier alpha value is -5.94. The van der Waals surface area contributed by atoms with Crippen LogP contribution in [0.3, 0.4) is 0 Å². The van der Waals surface area contributed by atoms with Crippen molar-refractivity contribution in [3.63, 3.8) is 0 Å². The van der Waals surface area contributed by atoms with Gasteiger partial charge in [-0.2, -0.15) is 27.1 Å². The zero-order chi connectivity index (χ0) is 36.0. The van der Waals surface area contributed by atoms with Crippen molar-refractivity contribution in [3.05, 3.63) is 108 Å². The van der Waals surface area contributed by atoms with Gasteiger partial charge >= 0.3 is 0 Å². The Balaban J connectivity index is 1.24. The largest absolute Gasteiger partial charge is 0.507 e. The summed E-state index contributed by atoms with van der Waals surface area (Å²) in [4.78, 5) is -1.03. The lowest BCUT2D eigenvalue weighted by Gasteiger charge is -2.09. The maximum Gasteiger partial charge on any atom is 0.294 e. The minimum Gasteiger partial charge on any atom is -0.507 e. The number of nitrogens with zero attached hydrogens (tertiary/aromatic N) is 4. The van der Waals surface area contributed by atoms with Crippen LogP contribution in [-0.2, 0) is 26.7 Å². The highest BCUT2D eigenvalue weighted by molar-refractivity contribution is 7.86. The number of hydrogen-bond acceptors (Lipinski definition) is 12. The van der Waals surface area contributed by atoms with Crippen LogP contribution in [0, 0.1) is 6.92 Å². The molecular weight excluding hydrogens is 689 g/mol. The first-order valence-electron chi connectivity index (χ1n) is 14.5. The summed E-state index contributed by atoms with van der Waals surface area (Å²) in [5, 5.41) is 59.0. The molecule has 0 unspecified atom stereocenters. The monoisotopic (exact) mass is 714 g/mol. The first-order chi connectivity index (χ1) is 23.6. The first-order valence-corrected chi connectivity index (χ1v) is 17.4. The normalized spacial score (nSPS) is 12.5. The van der Waals surface area contributed by atoms with Crippen molar-refractivity contribution < 1.29 is 46.4 Å². The van der Waals surface area contributed by atoms with E-state index in [1.807, 2.05) is 25.1 Å². The Kier molecular flexibility index (Phi) is 8.71. The minimum atomic E-state index is -4.59.